The van der Waals surface area contributed by atoms with E-state index in [1.165, 1.54) is 5.56 Å². The number of hydrogen-bond acceptors (Lipinski definition) is 2. The minimum absolute atomic E-state index is 0.00632. The summed E-state index contributed by atoms with van der Waals surface area (Å²) in [6.07, 6.45) is 0. The van der Waals surface area contributed by atoms with E-state index in [0.29, 0.717) is 0 Å². The van der Waals surface area contributed by atoms with E-state index in [1.54, 1.807) is 12.0 Å². The number of carbonyl (C=O) groups excluding carboxylic acids is 1. The van der Waals surface area contributed by atoms with Crippen molar-refractivity contribution in [2.45, 2.75) is 6.92 Å². The van der Waals surface area contributed by atoms with Crippen molar-refractivity contribution in [1.82, 2.24) is 0 Å². The molecule has 0 saturated carbocycles. The summed E-state index contributed by atoms with van der Waals surface area (Å²) >= 11 is 0. The fourth-order valence-corrected chi connectivity index (χ4v) is 3.95. The van der Waals surface area contributed by atoms with Crippen molar-refractivity contribution in [2.75, 3.05) is 12.0 Å². The van der Waals surface area contributed by atoms with Crippen LogP contribution in [0.1, 0.15) is 15.9 Å². The van der Waals surface area contributed by atoms with Gasteiger partial charge in [0.1, 0.15) is 5.75 Å². The van der Waals surface area contributed by atoms with Crippen molar-refractivity contribution >= 4 is 28.1 Å². The molecule has 1 aliphatic heterocycles. The highest BCUT2D eigenvalue weighted by atomic mass is 16.5. The molecule has 0 unspecified atom stereocenters. The predicted molar refractivity (Wildman–Crippen MR) is 114 cm³/mol. The number of hydrogen-bond donors (Lipinski definition) is 0. The molecule has 1 amide bonds. The first-order chi connectivity index (χ1) is 13.7. The van der Waals surface area contributed by atoms with Crippen LogP contribution in [0.15, 0.2) is 78.9 Å². The quantitative estimate of drug-likeness (QED) is 0.438. The highest BCUT2D eigenvalue weighted by molar-refractivity contribution is 6.29. The molecule has 0 radical (unpaired) electrons. The highest BCUT2D eigenvalue weighted by Crippen LogP contribution is 2.45. The number of carbonyl (C=O) groups is 1. The summed E-state index contributed by atoms with van der Waals surface area (Å²) in [4.78, 5) is 15.0. The number of benzene rings is 4. The summed E-state index contributed by atoms with van der Waals surface area (Å²) in [5.41, 5.74) is 6.05. The van der Waals surface area contributed by atoms with E-state index in [-0.39, 0.29) is 5.91 Å². The smallest absolute Gasteiger partial charge is 0.263 e. The topological polar surface area (TPSA) is 29.5 Å². The summed E-state index contributed by atoms with van der Waals surface area (Å²) in [5.74, 6) is 0.777. The number of anilines is 2. The van der Waals surface area contributed by atoms with Gasteiger partial charge < -0.3 is 4.74 Å². The van der Waals surface area contributed by atoms with Crippen molar-refractivity contribution < 1.29 is 9.53 Å². The van der Waals surface area contributed by atoms with E-state index >= 15 is 0 Å². The zero-order valence-electron chi connectivity index (χ0n) is 15.8. The van der Waals surface area contributed by atoms with Gasteiger partial charge in [0.15, 0.2) is 0 Å². The molecule has 0 aliphatic carbocycles. The molecule has 4 aromatic carbocycles. The standard InChI is InChI=1S/C25H19NO2/c1-16-6-8-17(9-7-16)20-14-15-23-24-21(20)4-3-5-22(24)25(27)26(23)18-10-12-19(28-2)13-11-18/h3-15H,1-2H3. The SMILES string of the molecule is COc1ccc(N2C(=O)c3cccc4c(-c5ccc(C)cc5)ccc2c34)cc1. The molecular weight excluding hydrogens is 346 g/mol. The largest absolute Gasteiger partial charge is 0.497 e. The first-order valence-electron chi connectivity index (χ1n) is 9.28. The van der Waals surface area contributed by atoms with Gasteiger partial charge in [-0.15, -0.1) is 0 Å². The lowest BCUT2D eigenvalue weighted by Crippen LogP contribution is -2.20. The fourth-order valence-electron chi connectivity index (χ4n) is 3.95. The summed E-state index contributed by atoms with van der Waals surface area (Å²) in [7, 11) is 1.64. The maximum atomic E-state index is 13.2. The van der Waals surface area contributed by atoms with Crippen LogP contribution in [0.4, 0.5) is 11.4 Å². The minimum Gasteiger partial charge on any atom is -0.497 e. The number of aryl methyl sites for hydroxylation is 1. The summed E-state index contributed by atoms with van der Waals surface area (Å²) < 4.78 is 5.25. The van der Waals surface area contributed by atoms with E-state index < -0.39 is 0 Å². The van der Waals surface area contributed by atoms with Crippen molar-refractivity contribution in [1.29, 1.82) is 0 Å². The van der Waals surface area contributed by atoms with Gasteiger partial charge in [-0.25, -0.2) is 0 Å². The molecule has 0 saturated heterocycles. The Morgan fingerprint density at radius 3 is 2.25 bits per heavy atom. The van der Waals surface area contributed by atoms with Gasteiger partial charge in [0.25, 0.3) is 5.91 Å². The number of nitrogens with zero attached hydrogens (tertiary/aromatic N) is 1. The van der Waals surface area contributed by atoms with Crippen molar-refractivity contribution in [2.24, 2.45) is 0 Å². The zero-order valence-corrected chi connectivity index (χ0v) is 15.8. The second-order valence-electron chi connectivity index (χ2n) is 7.06. The van der Waals surface area contributed by atoms with Crippen LogP contribution in [0.3, 0.4) is 0 Å². The molecule has 0 N–H and O–H groups in total. The van der Waals surface area contributed by atoms with Crippen molar-refractivity contribution in [3.05, 3.63) is 90.0 Å². The molecule has 3 heteroatoms. The van der Waals surface area contributed by atoms with Gasteiger partial charge in [-0.2, -0.15) is 0 Å². The summed E-state index contributed by atoms with van der Waals surface area (Å²) in [5, 5.41) is 2.12. The van der Waals surface area contributed by atoms with E-state index in [1.807, 2.05) is 36.4 Å². The van der Waals surface area contributed by atoms with Crippen LogP contribution in [0.2, 0.25) is 0 Å². The third kappa shape index (κ3) is 2.40. The van der Waals surface area contributed by atoms with Crippen LogP contribution in [0, 0.1) is 6.92 Å². The Morgan fingerprint density at radius 2 is 1.54 bits per heavy atom. The van der Waals surface area contributed by atoms with Crippen LogP contribution >= 0.6 is 0 Å². The molecule has 28 heavy (non-hydrogen) atoms. The minimum atomic E-state index is 0.00632. The number of amides is 1. The van der Waals surface area contributed by atoms with Gasteiger partial charge in [0.2, 0.25) is 0 Å². The summed E-state index contributed by atoms with van der Waals surface area (Å²) in [6, 6.07) is 26.2. The molecule has 0 aromatic heterocycles. The van der Waals surface area contributed by atoms with Gasteiger partial charge in [0, 0.05) is 11.1 Å². The monoisotopic (exact) mass is 365 g/mol. The van der Waals surface area contributed by atoms with Crippen LogP contribution in [0.25, 0.3) is 21.9 Å². The molecule has 1 aliphatic rings. The Labute approximate surface area is 163 Å². The van der Waals surface area contributed by atoms with E-state index in [2.05, 4.69) is 49.4 Å². The van der Waals surface area contributed by atoms with E-state index in [0.717, 1.165) is 44.6 Å². The van der Waals surface area contributed by atoms with E-state index in [4.69, 9.17) is 4.74 Å². The molecular formula is C25H19NO2. The van der Waals surface area contributed by atoms with Gasteiger partial charge in [-0.05, 0) is 59.8 Å². The van der Waals surface area contributed by atoms with Crippen LogP contribution in [0.5, 0.6) is 5.75 Å². The van der Waals surface area contributed by atoms with Crippen LogP contribution in [-0.4, -0.2) is 13.0 Å². The van der Waals surface area contributed by atoms with Gasteiger partial charge in [-0.3, -0.25) is 9.69 Å². The van der Waals surface area contributed by atoms with Crippen LogP contribution < -0.4 is 9.64 Å². The molecule has 3 nitrogen and oxygen atoms in total. The molecule has 4 aromatic rings. The Hall–Kier alpha value is -3.59. The maximum Gasteiger partial charge on any atom is 0.263 e. The summed E-state index contributed by atoms with van der Waals surface area (Å²) in [6.45, 7) is 2.09. The van der Waals surface area contributed by atoms with Gasteiger partial charge >= 0.3 is 0 Å². The molecule has 0 atom stereocenters. The molecule has 0 fully saturated rings. The highest BCUT2D eigenvalue weighted by Gasteiger charge is 2.31. The lowest BCUT2D eigenvalue weighted by atomic mass is 9.95. The fraction of sp³-hybridized carbons (Fsp3) is 0.0800. The lowest BCUT2D eigenvalue weighted by molar-refractivity contribution is 0.100. The lowest BCUT2D eigenvalue weighted by Gasteiger charge is -2.18. The third-order valence-corrected chi connectivity index (χ3v) is 5.39. The number of rotatable bonds is 3. The van der Waals surface area contributed by atoms with Crippen LogP contribution in [-0.2, 0) is 0 Å². The number of ether oxygens (including phenoxy) is 1. The Kier molecular flexibility index (Phi) is 3.69. The second-order valence-corrected chi connectivity index (χ2v) is 7.06. The zero-order chi connectivity index (χ0) is 19.3. The average Bonchev–Trinajstić information content (AvgIpc) is 3.03. The normalized spacial score (nSPS) is 12.6. The van der Waals surface area contributed by atoms with Gasteiger partial charge in [-0.1, -0.05) is 48.0 Å². The first kappa shape index (κ1) is 16.6. The van der Waals surface area contributed by atoms with Crippen molar-refractivity contribution in [3.63, 3.8) is 0 Å². The van der Waals surface area contributed by atoms with Crippen molar-refractivity contribution in [3.8, 4) is 16.9 Å². The first-order valence-corrected chi connectivity index (χ1v) is 9.28. The predicted octanol–water partition coefficient (Wildman–Crippen LogP) is 6.12. The maximum absolute atomic E-state index is 13.2. The third-order valence-electron chi connectivity index (χ3n) is 5.39. The molecule has 136 valence electrons. The van der Waals surface area contributed by atoms with E-state index in [9.17, 15) is 4.79 Å². The Balaban J connectivity index is 1.71. The molecule has 5 rings (SSSR count). The molecule has 0 spiro atoms. The second kappa shape index (κ2) is 6.24. The average molecular weight is 365 g/mol. The Morgan fingerprint density at radius 1 is 0.786 bits per heavy atom. The number of methoxy groups -OCH3 is 1. The Bertz CT molecular complexity index is 1210. The molecule has 1 heterocycles. The van der Waals surface area contributed by atoms with Gasteiger partial charge in [0.05, 0.1) is 18.4 Å². The molecule has 0 bridgehead atoms.